The smallest absolute Gasteiger partial charge is 0.157 e. The summed E-state index contributed by atoms with van der Waals surface area (Å²) in [6, 6.07) is 73.4. The van der Waals surface area contributed by atoms with E-state index < -0.39 is 14.4 Å². The summed E-state index contributed by atoms with van der Waals surface area (Å²) in [4.78, 5) is 0. The summed E-state index contributed by atoms with van der Waals surface area (Å²) in [6.45, 7) is 0. The number of hydrogen-bond donors (Lipinski definition) is 0. The van der Waals surface area contributed by atoms with Gasteiger partial charge in [-0.15, -0.1) is 0 Å². The molecule has 8 aromatic carbocycles. The molecule has 0 radical (unpaired) electrons. The van der Waals surface area contributed by atoms with E-state index in [1.165, 1.54) is 44.5 Å². The van der Waals surface area contributed by atoms with E-state index in [0.717, 1.165) is 129 Å². The van der Waals surface area contributed by atoms with Crippen LogP contribution < -0.4 is 21.2 Å². The summed E-state index contributed by atoms with van der Waals surface area (Å²) in [7, 11) is -6.85. The predicted octanol–water partition coefficient (Wildman–Crippen LogP) is 20.7. The van der Waals surface area contributed by atoms with E-state index in [0.29, 0.717) is 0 Å². The van der Waals surface area contributed by atoms with Crippen LogP contribution in [-0.2, 0) is 0 Å². The Kier molecular flexibility index (Phi) is 15.1. The lowest BCUT2D eigenvalue weighted by atomic mass is 9.89. The summed E-state index contributed by atoms with van der Waals surface area (Å²) < 4.78 is 20.0. The van der Waals surface area contributed by atoms with Crippen LogP contribution >= 0.6 is 14.4 Å². The third kappa shape index (κ3) is 10.9. The molecular formula is C79H67N3P2. The number of hydrogen-bond acceptors (Lipinski definition) is 3. The number of rotatable bonds is 13. The minimum Gasteiger partial charge on any atom is -0.223 e. The van der Waals surface area contributed by atoms with Crippen molar-refractivity contribution < 1.29 is 0 Å². The molecule has 8 aromatic rings. The van der Waals surface area contributed by atoms with Crippen molar-refractivity contribution in [1.82, 2.24) is 0 Å². The zero-order chi connectivity index (χ0) is 56.1. The molecule has 0 bridgehead atoms. The zero-order valence-corrected chi connectivity index (χ0v) is 49.2. The van der Waals surface area contributed by atoms with E-state index in [1.54, 1.807) is 0 Å². The van der Waals surface area contributed by atoms with Gasteiger partial charge in [-0.05, 0) is 214 Å². The summed E-state index contributed by atoms with van der Waals surface area (Å²) in [6.07, 6.45) is 45.1. The van der Waals surface area contributed by atoms with Crippen molar-refractivity contribution in [3.8, 4) is 44.5 Å². The van der Waals surface area contributed by atoms with Crippen molar-refractivity contribution in [2.75, 3.05) is 0 Å². The molecule has 5 heteroatoms. The predicted molar refractivity (Wildman–Crippen MR) is 363 cm³/mol. The number of benzene rings is 8. The van der Waals surface area contributed by atoms with Crippen LogP contribution in [-0.4, -0.2) is 5.84 Å². The summed E-state index contributed by atoms with van der Waals surface area (Å²) in [5.41, 5.74) is 19.3. The van der Waals surface area contributed by atoms with E-state index in [2.05, 4.69) is 291 Å². The van der Waals surface area contributed by atoms with Gasteiger partial charge in [0.05, 0.1) is 0 Å². The van der Waals surface area contributed by atoms with Crippen molar-refractivity contribution in [1.29, 1.82) is 0 Å². The second-order valence-electron chi connectivity index (χ2n) is 22.7. The van der Waals surface area contributed by atoms with Crippen molar-refractivity contribution in [3.05, 3.63) is 319 Å². The fourth-order valence-electron chi connectivity index (χ4n) is 12.7. The van der Waals surface area contributed by atoms with Crippen LogP contribution in [0.1, 0.15) is 86.0 Å². The van der Waals surface area contributed by atoms with Gasteiger partial charge in [-0.3, -0.25) is 0 Å². The lowest BCUT2D eigenvalue weighted by Gasteiger charge is -2.35. The molecule has 0 amide bonds. The Morgan fingerprint density at radius 1 is 0.310 bits per heavy atom. The van der Waals surface area contributed by atoms with Gasteiger partial charge >= 0.3 is 0 Å². The van der Waals surface area contributed by atoms with E-state index in [4.69, 9.17) is 14.0 Å². The maximum absolute atomic E-state index is 7.05. The van der Waals surface area contributed by atoms with Crippen LogP contribution in [0.4, 0.5) is 0 Å². The normalized spacial score (nSPS) is 20.7. The van der Waals surface area contributed by atoms with Crippen molar-refractivity contribution in [2.45, 2.75) is 63.7 Å². The first-order valence-corrected chi connectivity index (χ1v) is 33.4. The highest BCUT2D eigenvalue weighted by Gasteiger charge is 2.40. The number of nitrogens with zero attached hydrogens (tertiary/aromatic N) is 3. The van der Waals surface area contributed by atoms with Crippen LogP contribution in [0.3, 0.4) is 0 Å². The zero-order valence-electron chi connectivity index (χ0n) is 47.4. The van der Waals surface area contributed by atoms with Gasteiger partial charge in [-0.1, -0.05) is 225 Å². The first kappa shape index (κ1) is 53.3. The molecule has 0 N–H and O–H groups in total. The van der Waals surface area contributed by atoms with Gasteiger partial charge in [0.2, 0.25) is 0 Å². The van der Waals surface area contributed by atoms with Crippen LogP contribution in [0.25, 0.3) is 61.2 Å². The fourth-order valence-corrected chi connectivity index (χ4v) is 20.7. The maximum atomic E-state index is 7.05. The number of allylic oxidation sites excluding steroid dienone is 19. The molecule has 5 aliphatic carbocycles. The molecule has 6 aliphatic rings. The third-order valence-corrected chi connectivity index (χ3v) is 24.1. The van der Waals surface area contributed by atoms with Gasteiger partial charge in [0.25, 0.3) is 0 Å². The second-order valence-corrected chi connectivity index (χ2v) is 28.3. The Hall–Kier alpha value is -8.71. The molecule has 3 atom stereocenters. The van der Waals surface area contributed by atoms with Gasteiger partial charge in [0, 0.05) is 27.1 Å². The summed E-state index contributed by atoms with van der Waals surface area (Å²) in [5.74, 6) is 0.995. The Balaban J connectivity index is 1.21. The molecule has 0 spiro atoms. The summed E-state index contributed by atoms with van der Waals surface area (Å²) in [5, 5.41) is 4.53. The molecule has 1 heterocycles. The first-order chi connectivity index (χ1) is 41.5. The van der Waals surface area contributed by atoms with Crippen molar-refractivity contribution >= 4 is 58.2 Å². The molecule has 84 heavy (non-hydrogen) atoms. The van der Waals surface area contributed by atoms with Crippen LogP contribution in [0.2, 0.25) is 0 Å². The van der Waals surface area contributed by atoms with E-state index in [-0.39, 0.29) is 5.92 Å². The highest BCUT2D eigenvalue weighted by molar-refractivity contribution is 7.91. The SMILES string of the molecule is C1=CCCC(C2=NP(c3cc(C4=CC=CCC4)cc(-c4ccccc4)c3)(c3cc(C4=CC=CCC4)cc(C4C=CC=CC4)c3)=NP(c3cc(C4=CC=CCC4)cc(-c4ccccc4)c3)(c3cc(-c4ccccc4)cc(-c4ccccc4)c3)=N2)=C1. The molecule has 14 rings (SSSR count). The molecule has 3 unspecified atom stereocenters. The second kappa shape index (κ2) is 23.9. The molecule has 0 aromatic heterocycles. The largest absolute Gasteiger partial charge is 0.223 e. The molecule has 0 saturated carbocycles. The van der Waals surface area contributed by atoms with Crippen molar-refractivity contribution in [3.63, 3.8) is 0 Å². The van der Waals surface area contributed by atoms with Gasteiger partial charge in [0.1, 0.15) is 14.4 Å². The molecular weight excluding hydrogens is 1050 g/mol. The average Bonchev–Trinajstić information content (AvgIpc) is 3.61. The molecule has 1 aliphatic heterocycles. The first-order valence-electron chi connectivity index (χ1n) is 30.0. The lowest BCUT2D eigenvalue weighted by molar-refractivity contribution is 0.854. The standard InChI is InChI=1S/C79H67N3P2/c1-10-28-58(29-11-1)67-46-68(59-30-12-2-13-31-59)51-75(50-67)83(76-52-69(60-32-14-3-15-33-60)47-70(53-76)61-34-16-4-17-35-61)80-79(66-44-26-9-27-45-66)81-84(82-83,77-54-71(62-36-18-5-19-37-62)48-72(55-77)63-38-20-6-21-39-63)78-56-73(64-40-22-7-23-41-64)49-74(57-78)65-42-24-8-25-43-65/h1-16,18-20,22-24,26,28-34,36-38,40,42,44,46-57,64H,17,21,25,27,35,39,41,43,45H2. The molecule has 3 nitrogen and oxygen atoms in total. The quantitative estimate of drug-likeness (QED) is 0.103. The minimum atomic E-state index is -3.44. The van der Waals surface area contributed by atoms with E-state index >= 15 is 0 Å². The number of amidine groups is 1. The Morgan fingerprint density at radius 2 is 0.679 bits per heavy atom. The highest BCUT2D eigenvalue weighted by Crippen LogP contribution is 2.67. The third-order valence-electron chi connectivity index (χ3n) is 17.2. The van der Waals surface area contributed by atoms with Crippen LogP contribution in [0.5, 0.6) is 0 Å². The van der Waals surface area contributed by atoms with Gasteiger partial charge in [0.15, 0.2) is 5.84 Å². The van der Waals surface area contributed by atoms with Crippen molar-refractivity contribution in [2.24, 2.45) is 14.0 Å². The molecule has 408 valence electrons. The highest BCUT2D eigenvalue weighted by atomic mass is 31.2. The van der Waals surface area contributed by atoms with Crippen LogP contribution in [0.15, 0.2) is 311 Å². The Bertz CT molecular complexity index is 4270. The maximum Gasteiger partial charge on any atom is 0.157 e. The molecule has 0 fully saturated rings. The summed E-state index contributed by atoms with van der Waals surface area (Å²) >= 11 is 0. The van der Waals surface area contributed by atoms with Gasteiger partial charge in [-0.25, -0.2) is 14.0 Å². The van der Waals surface area contributed by atoms with Crippen LogP contribution in [0, 0.1) is 0 Å². The fraction of sp³-hybridized carbons (Fsp3) is 0.127. The van der Waals surface area contributed by atoms with Gasteiger partial charge in [-0.2, -0.15) is 0 Å². The minimum absolute atomic E-state index is 0.182. The van der Waals surface area contributed by atoms with E-state index in [1.807, 2.05) is 0 Å². The molecule has 0 saturated heterocycles. The topological polar surface area (TPSA) is 37.1 Å². The monoisotopic (exact) mass is 1120 g/mol. The Labute approximate surface area is 496 Å². The Morgan fingerprint density at radius 3 is 1.07 bits per heavy atom. The van der Waals surface area contributed by atoms with E-state index in [9.17, 15) is 0 Å². The average molecular weight is 1120 g/mol. The van der Waals surface area contributed by atoms with Gasteiger partial charge < -0.3 is 0 Å². The lowest BCUT2D eigenvalue weighted by Crippen LogP contribution is -2.25.